The third-order valence-electron chi connectivity index (χ3n) is 2.66. The highest BCUT2D eigenvalue weighted by molar-refractivity contribution is 5.68. The summed E-state index contributed by atoms with van der Waals surface area (Å²) in [4.78, 5) is 0. The molecular formula is C15H16. The first-order valence-corrected chi connectivity index (χ1v) is 5.43. The van der Waals surface area contributed by atoms with Crippen LogP contribution in [0, 0.1) is 0 Å². The second kappa shape index (κ2) is 4.31. The fourth-order valence-electron chi connectivity index (χ4n) is 1.70. The van der Waals surface area contributed by atoms with Gasteiger partial charge in [0, 0.05) is 0 Å². The summed E-state index contributed by atoms with van der Waals surface area (Å²) >= 11 is 0. The maximum Gasteiger partial charge on any atom is -0.0181 e. The van der Waals surface area contributed by atoms with Gasteiger partial charge in [0.2, 0.25) is 0 Å². The molecule has 1 aliphatic carbocycles. The van der Waals surface area contributed by atoms with E-state index in [0.29, 0.717) is 5.92 Å². The molecule has 15 heavy (non-hydrogen) atoms. The van der Waals surface area contributed by atoms with Crippen LogP contribution in [0.15, 0.2) is 42.5 Å². The fraction of sp³-hybridized carbons (Fsp3) is 0.200. The summed E-state index contributed by atoms with van der Waals surface area (Å²) < 4.78 is 0. The molecule has 0 aromatic heterocycles. The van der Waals surface area contributed by atoms with Crippen molar-refractivity contribution < 1.29 is 0 Å². The second-order valence-corrected chi connectivity index (χ2v) is 4.15. The first kappa shape index (κ1) is 9.97. The maximum absolute atomic E-state index is 2.28. The van der Waals surface area contributed by atoms with Gasteiger partial charge in [-0.15, -0.1) is 0 Å². The summed E-state index contributed by atoms with van der Waals surface area (Å²) in [6.45, 7) is 4.45. The Labute approximate surface area is 91.6 Å². The van der Waals surface area contributed by atoms with Crippen LogP contribution in [-0.4, -0.2) is 0 Å². The molecule has 0 amide bonds. The summed E-state index contributed by atoms with van der Waals surface area (Å²) in [5.74, 6) is 0.591. The number of hydrogen-bond donors (Lipinski definition) is 0. The van der Waals surface area contributed by atoms with Crippen LogP contribution in [0.4, 0.5) is 0 Å². The van der Waals surface area contributed by atoms with Gasteiger partial charge in [-0.1, -0.05) is 68.5 Å². The lowest BCUT2D eigenvalue weighted by Crippen LogP contribution is -1.90. The highest BCUT2D eigenvalue weighted by atomic mass is 14.1. The second-order valence-electron chi connectivity index (χ2n) is 4.15. The van der Waals surface area contributed by atoms with E-state index in [1.165, 1.54) is 16.7 Å². The molecule has 1 aromatic carbocycles. The average molecular weight is 196 g/mol. The lowest BCUT2D eigenvalue weighted by molar-refractivity contribution is 0.866. The molecule has 0 unspecified atom stereocenters. The van der Waals surface area contributed by atoms with Crippen molar-refractivity contribution in [2.24, 2.45) is 0 Å². The van der Waals surface area contributed by atoms with Gasteiger partial charge < -0.3 is 0 Å². The molecule has 0 aliphatic heterocycles. The first-order chi connectivity index (χ1) is 7.27. The Morgan fingerprint density at radius 3 is 2.13 bits per heavy atom. The van der Waals surface area contributed by atoms with Crippen LogP contribution in [0.3, 0.4) is 0 Å². The number of allylic oxidation sites excluding steroid dienone is 4. The van der Waals surface area contributed by atoms with Crippen molar-refractivity contribution in [3.63, 3.8) is 0 Å². The van der Waals surface area contributed by atoms with E-state index in [0.717, 1.165) is 0 Å². The number of rotatable bonds is 1. The lowest BCUT2D eigenvalue weighted by atomic mass is 9.96. The van der Waals surface area contributed by atoms with Gasteiger partial charge in [0.1, 0.15) is 0 Å². The summed E-state index contributed by atoms with van der Waals surface area (Å²) in [5, 5.41) is 0. The van der Waals surface area contributed by atoms with Crippen molar-refractivity contribution in [2.45, 2.75) is 19.8 Å². The number of benzene rings is 1. The molecule has 0 nitrogen and oxygen atoms in total. The Morgan fingerprint density at radius 2 is 1.47 bits per heavy atom. The van der Waals surface area contributed by atoms with Gasteiger partial charge in [-0.25, -0.2) is 0 Å². The Bertz CT molecular complexity index is 431. The first-order valence-electron chi connectivity index (χ1n) is 5.43. The Hall–Kier alpha value is -1.56. The van der Waals surface area contributed by atoms with Crippen LogP contribution >= 0.6 is 0 Å². The number of hydrogen-bond acceptors (Lipinski definition) is 0. The van der Waals surface area contributed by atoms with Crippen molar-refractivity contribution in [3.05, 3.63) is 59.2 Å². The average Bonchev–Trinajstić information content (AvgIpc) is 2.18. The van der Waals surface area contributed by atoms with Gasteiger partial charge >= 0.3 is 0 Å². The largest absolute Gasteiger partial charge is 0.0622 e. The Morgan fingerprint density at radius 1 is 0.800 bits per heavy atom. The highest BCUT2D eigenvalue weighted by Gasteiger charge is 2.02. The van der Waals surface area contributed by atoms with Crippen molar-refractivity contribution in [1.82, 2.24) is 0 Å². The topological polar surface area (TPSA) is 0 Å². The van der Waals surface area contributed by atoms with E-state index < -0.39 is 0 Å². The van der Waals surface area contributed by atoms with Gasteiger partial charge in [-0.05, 0) is 22.6 Å². The third-order valence-corrected chi connectivity index (χ3v) is 2.66. The highest BCUT2D eigenvalue weighted by Crippen LogP contribution is 2.21. The monoisotopic (exact) mass is 196 g/mol. The van der Waals surface area contributed by atoms with Gasteiger partial charge in [0.05, 0.1) is 0 Å². The van der Waals surface area contributed by atoms with E-state index in [1.807, 2.05) is 0 Å². The van der Waals surface area contributed by atoms with E-state index in [-0.39, 0.29) is 0 Å². The molecule has 76 valence electrons. The molecule has 0 fully saturated rings. The molecule has 0 N–H and O–H groups in total. The SMILES string of the molecule is CC(C)c1ccc2c(c1)\C=C/C=C\C=C/2. The fourth-order valence-corrected chi connectivity index (χ4v) is 1.70. The van der Waals surface area contributed by atoms with Gasteiger partial charge in [-0.3, -0.25) is 0 Å². The van der Waals surface area contributed by atoms with Crippen LogP contribution < -0.4 is 0 Å². The van der Waals surface area contributed by atoms with Crippen molar-refractivity contribution in [1.29, 1.82) is 0 Å². The van der Waals surface area contributed by atoms with Crippen LogP contribution in [0.2, 0.25) is 0 Å². The molecule has 0 radical (unpaired) electrons. The van der Waals surface area contributed by atoms with Crippen molar-refractivity contribution in [2.75, 3.05) is 0 Å². The minimum atomic E-state index is 0.591. The zero-order valence-corrected chi connectivity index (χ0v) is 9.27. The molecule has 2 rings (SSSR count). The van der Waals surface area contributed by atoms with Crippen LogP contribution in [0.1, 0.15) is 36.5 Å². The molecule has 0 saturated carbocycles. The Balaban J connectivity index is 2.48. The zero-order valence-electron chi connectivity index (χ0n) is 9.27. The van der Waals surface area contributed by atoms with Crippen LogP contribution in [0.5, 0.6) is 0 Å². The van der Waals surface area contributed by atoms with Gasteiger partial charge in [0.15, 0.2) is 0 Å². The van der Waals surface area contributed by atoms with Crippen LogP contribution in [-0.2, 0) is 0 Å². The molecule has 0 saturated heterocycles. The molecule has 1 aliphatic rings. The number of fused-ring (bicyclic) bond motifs is 1. The molecule has 0 spiro atoms. The molecule has 1 aromatic rings. The summed E-state index contributed by atoms with van der Waals surface area (Å²) in [7, 11) is 0. The quantitative estimate of drug-likeness (QED) is 0.624. The molecular weight excluding hydrogens is 180 g/mol. The minimum absolute atomic E-state index is 0.591. The standard InChI is InChI=1S/C15H16/c1-12(2)14-10-9-13-7-5-3-4-6-8-15(13)11-14/h3-12H,1-2H3/b4-3-,5-3?,6-4?,7-5-,8-6-,13-7?,15-8?. The predicted molar refractivity (Wildman–Crippen MR) is 67.7 cm³/mol. The molecule has 0 heteroatoms. The summed E-state index contributed by atoms with van der Waals surface area (Å²) in [6.07, 6.45) is 12.6. The normalized spacial score (nSPS) is 20.2. The zero-order chi connectivity index (χ0) is 10.7. The maximum atomic E-state index is 2.28. The van der Waals surface area contributed by atoms with E-state index in [9.17, 15) is 0 Å². The van der Waals surface area contributed by atoms with Crippen molar-refractivity contribution >= 4 is 12.2 Å². The predicted octanol–water partition coefficient (Wildman–Crippen LogP) is 4.41. The molecule has 0 bridgehead atoms. The molecule has 0 heterocycles. The van der Waals surface area contributed by atoms with Gasteiger partial charge in [-0.2, -0.15) is 0 Å². The smallest absolute Gasteiger partial charge is 0.0181 e. The lowest BCUT2D eigenvalue weighted by Gasteiger charge is -2.09. The minimum Gasteiger partial charge on any atom is -0.0622 e. The van der Waals surface area contributed by atoms with Crippen LogP contribution in [0.25, 0.3) is 12.2 Å². The summed E-state index contributed by atoms with van der Waals surface area (Å²) in [6, 6.07) is 6.69. The van der Waals surface area contributed by atoms with E-state index >= 15 is 0 Å². The van der Waals surface area contributed by atoms with E-state index in [4.69, 9.17) is 0 Å². The van der Waals surface area contributed by atoms with E-state index in [1.54, 1.807) is 0 Å². The summed E-state index contributed by atoms with van der Waals surface area (Å²) in [5.41, 5.74) is 4.00. The van der Waals surface area contributed by atoms with Gasteiger partial charge in [0.25, 0.3) is 0 Å². The third kappa shape index (κ3) is 2.27. The van der Waals surface area contributed by atoms with Crippen molar-refractivity contribution in [3.8, 4) is 0 Å². The van der Waals surface area contributed by atoms with E-state index in [2.05, 4.69) is 68.5 Å². The Kier molecular flexibility index (Phi) is 2.86. The molecule has 0 atom stereocenters.